The van der Waals surface area contributed by atoms with Crippen LogP contribution in [0.2, 0.25) is 10.0 Å². The Morgan fingerprint density at radius 3 is 2.25 bits per heavy atom. The second kappa shape index (κ2) is 10.5. The molecule has 0 aliphatic heterocycles. The predicted octanol–water partition coefficient (Wildman–Crippen LogP) is 4.73. The summed E-state index contributed by atoms with van der Waals surface area (Å²) in [5.41, 5.74) is 1.72. The minimum atomic E-state index is -0.596. The maximum absolute atomic E-state index is 13.1. The Kier molecular flexibility index (Phi) is 8.34. The summed E-state index contributed by atoms with van der Waals surface area (Å²) in [5.74, 6) is 0.0366. The van der Waals surface area contributed by atoms with Crippen LogP contribution < -0.4 is 5.32 Å². The molecule has 2 rings (SSSR count). The predicted molar refractivity (Wildman–Crippen MR) is 114 cm³/mol. The highest BCUT2D eigenvalue weighted by atomic mass is 35.5. The van der Waals surface area contributed by atoms with E-state index in [1.807, 2.05) is 38.1 Å². The zero-order valence-electron chi connectivity index (χ0n) is 16.4. The quantitative estimate of drug-likeness (QED) is 0.670. The summed E-state index contributed by atoms with van der Waals surface area (Å²) in [7, 11) is 0. The van der Waals surface area contributed by atoms with Crippen molar-refractivity contribution in [3.8, 4) is 0 Å². The molecular weight excluding hydrogens is 395 g/mol. The number of carbonyl (C=O) groups excluding carboxylic acids is 2. The van der Waals surface area contributed by atoms with Crippen LogP contribution in [0.1, 0.15) is 31.9 Å². The topological polar surface area (TPSA) is 49.4 Å². The van der Waals surface area contributed by atoms with Gasteiger partial charge in [-0.25, -0.2) is 0 Å². The standard InChI is InChI=1S/C22H26Cl2N2O2/c1-15(2)13-25-22(28)16(3)26(14-17-7-9-19(23)10-8-17)21(27)12-18-5-4-6-20(24)11-18/h4-11,15-16H,12-14H2,1-3H3,(H,25,28). The van der Waals surface area contributed by atoms with E-state index >= 15 is 0 Å². The molecule has 2 aromatic rings. The summed E-state index contributed by atoms with van der Waals surface area (Å²) in [4.78, 5) is 27.3. The van der Waals surface area contributed by atoms with E-state index in [-0.39, 0.29) is 18.2 Å². The van der Waals surface area contributed by atoms with Crippen LogP contribution in [0, 0.1) is 5.92 Å². The van der Waals surface area contributed by atoms with Crippen LogP contribution in [-0.4, -0.2) is 29.3 Å². The molecule has 0 aliphatic carbocycles. The number of benzene rings is 2. The molecule has 150 valence electrons. The average molecular weight is 421 g/mol. The zero-order chi connectivity index (χ0) is 20.7. The summed E-state index contributed by atoms with van der Waals surface area (Å²) in [6, 6.07) is 13.9. The lowest BCUT2D eigenvalue weighted by Crippen LogP contribution is -2.48. The first-order valence-electron chi connectivity index (χ1n) is 9.32. The van der Waals surface area contributed by atoms with E-state index < -0.39 is 6.04 Å². The summed E-state index contributed by atoms with van der Waals surface area (Å²) in [6.07, 6.45) is 0.177. The molecule has 0 radical (unpaired) electrons. The number of rotatable bonds is 8. The molecule has 1 N–H and O–H groups in total. The molecule has 28 heavy (non-hydrogen) atoms. The van der Waals surface area contributed by atoms with Crippen LogP contribution >= 0.6 is 23.2 Å². The Morgan fingerprint density at radius 1 is 0.964 bits per heavy atom. The maximum Gasteiger partial charge on any atom is 0.242 e. The Morgan fingerprint density at radius 2 is 1.64 bits per heavy atom. The van der Waals surface area contributed by atoms with E-state index in [2.05, 4.69) is 5.32 Å². The number of halogens is 2. The van der Waals surface area contributed by atoms with E-state index in [1.54, 1.807) is 36.1 Å². The summed E-state index contributed by atoms with van der Waals surface area (Å²) in [5, 5.41) is 4.12. The van der Waals surface area contributed by atoms with Crippen LogP contribution in [0.4, 0.5) is 0 Å². The lowest BCUT2D eigenvalue weighted by molar-refractivity contribution is -0.140. The fraction of sp³-hybridized carbons (Fsp3) is 0.364. The van der Waals surface area contributed by atoms with E-state index in [9.17, 15) is 9.59 Å². The van der Waals surface area contributed by atoms with Gasteiger partial charge in [-0.15, -0.1) is 0 Å². The molecule has 2 amide bonds. The zero-order valence-corrected chi connectivity index (χ0v) is 17.9. The van der Waals surface area contributed by atoms with Crippen molar-refractivity contribution in [2.75, 3.05) is 6.54 Å². The molecule has 0 heterocycles. The minimum absolute atomic E-state index is 0.135. The van der Waals surface area contributed by atoms with Crippen LogP contribution in [0.3, 0.4) is 0 Å². The number of carbonyl (C=O) groups is 2. The number of hydrogen-bond acceptors (Lipinski definition) is 2. The molecule has 2 aromatic carbocycles. The first kappa shape index (κ1) is 22.3. The van der Waals surface area contributed by atoms with E-state index in [4.69, 9.17) is 23.2 Å². The van der Waals surface area contributed by atoms with Crippen molar-refractivity contribution < 1.29 is 9.59 Å². The molecule has 0 saturated carbocycles. The van der Waals surface area contributed by atoms with Gasteiger partial charge < -0.3 is 10.2 Å². The van der Waals surface area contributed by atoms with Gasteiger partial charge in [-0.2, -0.15) is 0 Å². The van der Waals surface area contributed by atoms with Crippen LogP contribution in [0.25, 0.3) is 0 Å². The average Bonchev–Trinajstić information content (AvgIpc) is 2.65. The van der Waals surface area contributed by atoms with Gasteiger partial charge in [0.15, 0.2) is 0 Å². The second-order valence-electron chi connectivity index (χ2n) is 7.27. The molecule has 0 aromatic heterocycles. The van der Waals surface area contributed by atoms with Gasteiger partial charge in [0.1, 0.15) is 6.04 Å². The van der Waals surface area contributed by atoms with E-state index in [0.29, 0.717) is 29.1 Å². The van der Waals surface area contributed by atoms with E-state index in [0.717, 1.165) is 11.1 Å². The third kappa shape index (κ3) is 6.84. The summed E-state index contributed by atoms with van der Waals surface area (Å²) >= 11 is 12.0. The van der Waals surface area contributed by atoms with Gasteiger partial charge in [-0.3, -0.25) is 9.59 Å². The normalized spacial score (nSPS) is 11.9. The highest BCUT2D eigenvalue weighted by molar-refractivity contribution is 6.30. The first-order chi connectivity index (χ1) is 13.3. The Bertz CT molecular complexity index is 806. The summed E-state index contributed by atoms with van der Waals surface area (Å²) in [6.45, 7) is 6.70. The van der Waals surface area contributed by atoms with Gasteiger partial charge in [0, 0.05) is 23.1 Å². The van der Waals surface area contributed by atoms with Crippen molar-refractivity contribution in [3.05, 3.63) is 69.7 Å². The Hall–Kier alpha value is -2.04. The third-order valence-corrected chi connectivity index (χ3v) is 4.85. The fourth-order valence-electron chi connectivity index (χ4n) is 2.74. The van der Waals surface area contributed by atoms with Crippen molar-refractivity contribution in [1.82, 2.24) is 10.2 Å². The molecule has 1 atom stereocenters. The van der Waals surface area contributed by atoms with Crippen molar-refractivity contribution in [2.24, 2.45) is 5.92 Å². The number of hydrogen-bond donors (Lipinski definition) is 1. The smallest absolute Gasteiger partial charge is 0.242 e. The van der Waals surface area contributed by atoms with Crippen LogP contribution in [0.5, 0.6) is 0 Å². The fourth-order valence-corrected chi connectivity index (χ4v) is 3.08. The minimum Gasteiger partial charge on any atom is -0.354 e. The van der Waals surface area contributed by atoms with Crippen molar-refractivity contribution in [3.63, 3.8) is 0 Å². The Labute approximate surface area is 176 Å². The maximum atomic E-state index is 13.1. The molecule has 0 bridgehead atoms. The Balaban J connectivity index is 2.19. The summed E-state index contributed by atoms with van der Waals surface area (Å²) < 4.78 is 0. The number of nitrogens with zero attached hydrogens (tertiary/aromatic N) is 1. The van der Waals surface area contributed by atoms with Gasteiger partial charge in [-0.1, -0.05) is 61.3 Å². The first-order valence-corrected chi connectivity index (χ1v) is 10.1. The van der Waals surface area contributed by atoms with Gasteiger partial charge in [0.05, 0.1) is 6.42 Å². The third-order valence-electron chi connectivity index (χ3n) is 4.36. The van der Waals surface area contributed by atoms with Gasteiger partial charge in [0.2, 0.25) is 11.8 Å². The van der Waals surface area contributed by atoms with Crippen LogP contribution in [0.15, 0.2) is 48.5 Å². The molecule has 1 unspecified atom stereocenters. The van der Waals surface area contributed by atoms with Crippen LogP contribution in [-0.2, 0) is 22.6 Å². The van der Waals surface area contributed by atoms with E-state index in [1.165, 1.54) is 0 Å². The van der Waals surface area contributed by atoms with Gasteiger partial charge >= 0.3 is 0 Å². The molecule has 0 aliphatic rings. The molecule has 0 spiro atoms. The molecule has 0 saturated heterocycles. The molecule has 0 fully saturated rings. The van der Waals surface area contributed by atoms with Crippen molar-refractivity contribution in [2.45, 2.75) is 39.8 Å². The number of amides is 2. The largest absolute Gasteiger partial charge is 0.354 e. The molecule has 4 nitrogen and oxygen atoms in total. The van der Waals surface area contributed by atoms with Gasteiger partial charge in [0.25, 0.3) is 0 Å². The highest BCUT2D eigenvalue weighted by Gasteiger charge is 2.26. The van der Waals surface area contributed by atoms with Crippen molar-refractivity contribution in [1.29, 1.82) is 0 Å². The van der Waals surface area contributed by atoms with Crippen molar-refractivity contribution >= 4 is 35.0 Å². The second-order valence-corrected chi connectivity index (χ2v) is 8.14. The molecular formula is C22H26Cl2N2O2. The highest BCUT2D eigenvalue weighted by Crippen LogP contribution is 2.17. The number of nitrogens with one attached hydrogen (secondary N) is 1. The lowest BCUT2D eigenvalue weighted by Gasteiger charge is -2.29. The van der Waals surface area contributed by atoms with Gasteiger partial charge in [-0.05, 0) is 48.2 Å². The molecule has 6 heteroatoms. The monoisotopic (exact) mass is 420 g/mol. The SMILES string of the molecule is CC(C)CNC(=O)C(C)N(Cc1ccc(Cl)cc1)C(=O)Cc1cccc(Cl)c1. The lowest BCUT2D eigenvalue weighted by atomic mass is 10.1.